The van der Waals surface area contributed by atoms with Gasteiger partial charge in [-0.25, -0.2) is 0 Å². The summed E-state index contributed by atoms with van der Waals surface area (Å²) in [5.41, 5.74) is 11.2. The monoisotopic (exact) mass is 887 g/mol. The van der Waals surface area contributed by atoms with Crippen LogP contribution in [0.1, 0.15) is 159 Å². The molecule has 0 aromatic heterocycles. The van der Waals surface area contributed by atoms with Crippen molar-refractivity contribution in [2.75, 3.05) is 9.80 Å². The van der Waals surface area contributed by atoms with Crippen molar-refractivity contribution < 1.29 is 0 Å². The molecule has 4 rings (SSSR count). The van der Waals surface area contributed by atoms with Gasteiger partial charge < -0.3 is 9.80 Å². The van der Waals surface area contributed by atoms with Crippen LogP contribution < -0.4 is 9.80 Å². The summed E-state index contributed by atoms with van der Waals surface area (Å²) in [6.45, 7) is 59.4. The minimum atomic E-state index is 0.962. The molecule has 0 aliphatic heterocycles. The Balaban J connectivity index is -0.000000280. The fourth-order valence-electron chi connectivity index (χ4n) is 5.28. The SMILES string of the molecule is C=C/C=C(\C=C/C)N(/C(C)=C/CC)c1ccc(-c2ccc(-c3ccc(N(/C(C=C)=C/C=C)c4ccccc4)cc3)cc2)cc1.C=CC.CC.CC.CC.CC.CC.CC.CC.CC.CC. The summed E-state index contributed by atoms with van der Waals surface area (Å²) < 4.78 is 0. The van der Waals surface area contributed by atoms with Gasteiger partial charge in [0.05, 0.1) is 0 Å². The largest absolute Gasteiger partial charge is 0.315 e. The Kier molecular flexibility index (Phi) is 66.3. The Morgan fingerprint density at radius 3 is 1.06 bits per heavy atom. The average Bonchev–Trinajstić information content (AvgIpc) is 3.40. The molecule has 0 heterocycles. The molecule has 2 heteroatoms. The highest BCUT2D eigenvalue weighted by Gasteiger charge is 2.14. The van der Waals surface area contributed by atoms with Crippen molar-refractivity contribution >= 4 is 17.1 Å². The zero-order chi connectivity index (χ0) is 52.0. The lowest BCUT2D eigenvalue weighted by molar-refractivity contribution is 1.06. The molecule has 0 saturated heterocycles. The molecule has 0 atom stereocenters. The molecule has 0 spiro atoms. The standard InChI is InChI=1S/C42H42N2.C3H6.9C2H6/c1-7-15-33(6)43(39(17-9-3)18-10-4)41-29-25-36(26-30-41)34-21-23-35(24-22-34)37-27-31-42(32-28-37)44(38(11-5)16-8-2)40-19-13-12-14-20-40;1-3-2;9*1-2/h8-32H,2-3,5,7H2,1,4,6H3;3H,1H2,2H3;9*1-2H3/b18-10-,33-15+,38-16+,39-17+;;;;;;;;;;. The second-order valence-corrected chi connectivity index (χ2v) is 10.7. The molecule has 65 heavy (non-hydrogen) atoms. The smallest absolute Gasteiger partial charge is 0.0462 e. The Morgan fingerprint density at radius 2 is 0.754 bits per heavy atom. The molecule has 0 bridgehead atoms. The van der Waals surface area contributed by atoms with Crippen molar-refractivity contribution in [2.24, 2.45) is 0 Å². The van der Waals surface area contributed by atoms with E-state index < -0.39 is 0 Å². The first-order valence-corrected chi connectivity index (χ1v) is 25.1. The Labute approximate surface area is 407 Å². The van der Waals surface area contributed by atoms with E-state index in [0.717, 1.165) is 40.4 Å². The molecular weight excluding hydrogens is 785 g/mol. The van der Waals surface area contributed by atoms with Crippen LogP contribution in [0.25, 0.3) is 22.3 Å². The molecule has 364 valence electrons. The minimum absolute atomic E-state index is 0.962. The van der Waals surface area contributed by atoms with Gasteiger partial charge in [-0.2, -0.15) is 0 Å². The van der Waals surface area contributed by atoms with Crippen LogP contribution in [-0.4, -0.2) is 0 Å². The number of nitrogens with zero attached hydrogens (tertiary/aromatic N) is 2. The molecule has 0 radical (unpaired) electrons. The van der Waals surface area contributed by atoms with Crippen LogP contribution in [0.5, 0.6) is 0 Å². The lowest BCUT2D eigenvalue weighted by atomic mass is 9.99. The van der Waals surface area contributed by atoms with Gasteiger partial charge in [0.25, 0.3) is 0 Å². The second-order valence-electron chi connectivity index (χ2n) is 10.7. The molecule has 0 saturated carbocycles. The molecule has 4 aromatic carbocycles. The van der Waals surface area contributed by atoms with Crippen molar-refractivity contribution in [2.45, 2.75) is 159 Å². The van der Waals surface area contributed by atoms with Crippen LogP contribution in [0.15, 0.2) is 201 Å². The summed E-state index contributed by atoms with van der Waals surface area (Å²) >= 11 is 0. The number of hydrogen-bond acceptors (Lipinski definition) is 2. The first kappa shape index (κ1) is 73.8. The fraction of sp³-hybridized carbons (Fsp3) is 0.365. The lowest BCUT2D eigenvalue weighted by Crippen LogP contribution is -2.19. The Bertz CT molecular complexity index is 1710. The third-order valence-electron chi connectivity index (χ3n) is 7.31. The quantitative estimate of drug-likeness (QED) is 0.0975. The maximum atomic E-state index is 4.03. The fourth-order valence-corrected chi connectivity index (χ4v) is 5.28. The predicted octanol–water partition coefficient (Wildman–Crippen LogP) is 22.6. The molecule has 0 aliphatic carbocycles. The Morgan fingerprint density at radius 1 is 0.446 bits per heavy atom. The van der Waals surface area contributed by atoms with Gasteiger partial charge in [-0.15, -0.1) is 6.58 Å². The normalized spacial score (nSPS) is 9.29. The van der Waals surface area contributed by atoms with E-state index in [-0.39, 0.29) is 0 Å². The van der Waals surface area contributed by atoms with E-state index in [4.69, 9.17) is 0 Å². The molecule has 0 N–H and O–H groups in total. The van der Waals surface area contributed by atoms with Gasteiger partial charge in [-0.05, 0) is 110 Å². The van der Waals surface area contributed by atoms with Crippen LogP contribution in [-0.2, 0) is 0 Å². The first-order valence-electron chi connectivity index (χ1n) is 25.1. The summed E-state index contributed by atoms with van der Waals surface area (Å²) in [6.07, 6.45) is 18.6. The number of para-hydroxylation sites is 1. The maximum absolute atomic E-state index is 4.03. The van der Waals surface area contributed by atoms with E-state index in [1.54, 1.807) is 12.2 Å². The molecule has 0 aliphatic rings. The lowest BCUT2D eigenvalue weighted by Gasteiger charge is -2.27. The van der Waals surface area contributed by atoms with Gasteiger partial charge in [0.1, 0.15) is 0 Å². The van der Waals surface area contributed by atoms with Crippen molar-refractivity contribution in [3.05, 3.63) is 201 Å². The van der Waals surface area contributed by atoms with Gasteiger partial charge in [-0.3, -0.25) is 0 Å². The molecule has 2 nitrogen and oxygen atoms in total. The molecular formula is C63H102N2. The van der Waals surface area contributed by atoms with Gasteiger partial charge in [0, 0.05) is 34.2 Å². The molecule has 0 amide bonds. The zero-order valence-electron chi connectivity index (χ0n) is 46.4. The number of anilines is 3. The van der Waals surface area contributed by atoms with E-state index in [0.29, 0.717) is 0 Å². The van der Waals surface area contributed by atoms with Crippen molar-refractivity contribution in [3.8, 4) is 22.3 Å². The van der Waals surface area contributed by atoms with E-state index in [9.17, 15) is 0 Å². The summed E-state index contributed by atoms with van der Waals surface area (Å²) in [6, 6.07) is 36.5. The van der Waals surface area contributed by atoms with E-state index in [2.05, 4.69) is 153 Å². The summed E-state index contributed by atoms with van der Waals surface area (Å²) in [7, 11) is 0. The number of rotatable bonds is 13. The van der Waals surface area contributed by atoms with Crippen LogP contribution in [0.2, 0.25) is 0 Å². The Hall–Kier alpha value is -5.60. The van der Waals surface area contributed by atoms with E-state index >= 15 is 0 Å². The van der Waals surface area contributed by atoms with Gasteiger partial charge in [-0.1, -0.05) is 248 Å². The highest BCUT2D eigenvalue weighted by molar-refractivity contribution is 5.76. The van der Waals surface area contributed by atoms with Gasteiger partial charge in [0.15, 0.2) is 0 Å². The molecule has 0 unspecified atom stereocenters. The van der Waals surface area contributed by atoms with Gasteiger partial charge in [0.2, 0.25) is 0 Å². The number of allylic oxidation sites excluding steroid dienone is 10. The zero-order valence-corrected chi connectivity index (χ0v) is 46.4. The van der Waals surface area contributed by atoms with Crippen molar-refractivity contribution in [1.82, 2.24) is 0 Å². The minimum Gasteiger partial charge on any atom is -0.315 e. The van der Waals surface area contributed by atoms with Gasteiger partial charge >= 0.3 is 0 Å². The van der Waals surface area contributed by atoms with Crippen LogP contribution in [0, 0.1) is 0 Å². The van der Waals surface area contributed by atoms with Crippen LogP contribution in [0.4, 0.5) is 17.1 Å². The highest BCUT2D eigenvalue weighted by atomic mass is 15.2. The molecule has 4 aromatic rings. The molecule has 0 fully saturated rings. The maximum Gasteiger partial charge on any atom is 0.0462 e. The number of benzene rings is 4. The van der Waals surface area contributed by atoms with Crippen molar-refractivity contribution in [1.29, 1.82) is 0 Å². The average molecular weight is 888 g/mol. The third-order valence-corrected chi connectivity index (χ3v) is 7.31. The first-order chi connectivity index (χ1) is 32.0. The number of hydrogen-bond donors (Lipinski definition) is 0. The second kappa shape index (κ2) is 58.4. The summed E-state index contributed by atoms with van der Waals surface area (Å²) in [4.78, 5) is 4.45. The van der Waals surface area contributed by atoms with Crippen LogP contribution in [0.3, 0.4) is 0 Å². The summed E-state index contributed by atoms with van der Waals surface area (Å²) in [5, 5.41) is 0. The highest BCUT2D eigenvalue weighted by Crippen LogP contribution is 2.34. The van der Waals surface area contributed by atoms with Crippen LogP contribution >= 0.6 is 0 Å². The van der Waals surface area contributed by atoms with E-state index in [1.807, 2.05) is 181 Å². The van der Waals surface area contributed by atoms with E-state index in [1.165, 1.54) is 22.4 Å². The topological polar surface area (TPSA) is 6.48 Å². The predicted molar refractivity (Wildman–Crippen MR) is 312 cm³/mol. The van der Waals surface area contributed by atoms with Crippen molar-refractivity contribution in [3.63, 3.8) is 0 Å². The summed E-state index contributed by atoms with van der Waals surface area (Å²) in [5.74, 6) is 0. The third kappa shape index (κ3) is 30.2.